The minimum absolute atomic E-state index is 0.0435. The van der Waals surface area contributed by atoms with Gasteiger partial charge in [-0.25, -0.2) is 5.43 Å². The van der Waals surface area contributed by atoms with Crippen LogP contribution in [-0.2, 0) is 11.3 Å². The standard InChI is InChI=1S/C15H15BrClN3OS/c16-10-5-12(22-8-10)6-18-15(21)13-7-19-20-14(13)9-1-3-11(17)4-2-9/h1-5,8,13-14,19-20H,6-7H2,(H,18,21). The molecule has 116 valence electrons. The van der Waals surface area contributed by atoms with E-state index in [0.29, 0.717) is 18.1 Å². The van der Waals surface area contributed by atoms with Crippen molar-refractivity contribution in [3.63, 3.8) is 0 Å². The van der Waals surface area contributed by atoms with E-state index in [-0.39, 0.29) is 17.9 Å². The second kappa shape index (κ2) is 7.10. The smallest absolute Gasteiger partial charge is 0.226 e. The highest BCUT2D eigenvalue weighted by atomic mass is 79.9. The summed E-state index contributed by atoms with van der Waals surface area (Å²) in [5.41, 5.74) is 7.29. The van der Waals surface area contributed by atoms with Gasteiger partial charge in [0, 0.05) is 26.3 Å². The molecule has 0 bridgehead atoms. The van der Waals surface area contributed by atoms with Crippen molar-refractivity contribution in [3.05, 3.63) is 55.6 Å². The molecule has 1 saturated heterocycles. The van der Waals surface area contributed by atoms with Crippen molar-refractivity contribution in [1.82, 2.24) is 16.2 Å². The van der Waals surface area contributed by atoms with Crippen molar-refractivity contribution in [2.45, 2.75) is 12.6 Å². The van der Waals surface area contributed by atoms with E-state index >= 15 is 0 Å². The van der Waals surface area contributed by atoms with Crippen LogP contribution in [-0.4, -0.2) is 12.5 Å². The van der Waals surface area contributed by atoms with Gasteiger partial charge in [0.05, 0.1) is 18.5 Å². The fraction of sp³-hybridized carbons (Fsp3) is 0.267. The average molecular weight is 401 g/mol. The Morgan fingerprint density at radius 2 is 2.18 bits per heavy atom. The lowest BCUT2D eigenvalue weighted by Gasteiger charge is -2.18. The number of rotatable bonds is 4. The zero-order chi connectivity index (χ0) is 15.5. The molecule has 4 nitrogen and oxygen atoms in total. The molecule has 2 heterocycles. The fourth-order valence-electron chi connectivity index (χ4n) is 2.48. The molecule has 22 heavy (non-hydrogen) atoms. The highest BCUT2D eigenvalue weighted by molar-refractivity contribution is 9.10. The van der Waals surface area contributed by atoms with E-state index in [4.69, 9.17) is 11.6 Å². The lowest BCUT2D eigenvalue weighted by molar-refractivity contribution is -0.125. The zero-order valence-corrected chi connectivity index (χ0v) is 14.8. The third-order valence-electron chi connectivity index (χ3n) is 3.61. The number of halogens is 2. The van der Waals surface area contributed by atoms with E-state index in [1.54, 1.807) is 11.3 Å². The number of carbonyl (C=O) groups is 1. The Labute approximate surface area is 146 Å². The van der Waals surface area contributed by atoms with E-state index in [1.807, 2.05) is 35.7 Å². The normalized spacial score (nSPS) is 21.0. The minimum Gasteiger partial charge on any atom is -0.351 e. The molecule has 1 aliphatic rings. The Bertz CT molecular complexity index is 661. The highest BCUT2D eigenvalue weighted by Crippen LogP contribution is 2.26. The second-order valence-corrected chi connectivity index (χ2v) is 7.46. The summed E-state index contributed by atoms with van der Waals surface area (Å²) in [5, 5.41) is 5.71. The molecule has 3 rings (SSSR count). The Hall–Kier alpha value is -0.920. The first-order valence-electron chi connectivity index (χ1n) is 6.88. The number of thiophene rings is 1. The minimum atomic E-state index is -0.149. The van der Waals surface area contributed by atoms with Gasteiger partial charge in [-0.3, -0.25) is 10.2 Å². The van der Waals surface area contributed by atoms with Gasteiger partial charge in [-0.2, -0.15) is 0 Å². The summed E-state index contributed by atoms with van der Waals surface area (Å²) in [7, 11) is 0. The van der Waals surface area contributed by atoms with Gasteiger partial charge in [-0.05, 0) is 39.7 Å². The number of hydrogen-bond donors (Lipinski definition) is 3. The predicted molar refractivity (Wildman–Crippen MR) is 92.7 cm³/mol. The summed E-state index contributed by atoms with van der Waals surface area (Å²) < 4.78 is 1.05. The summed E-state index contributed by atoms with van der Waals surface area (Å²) in [6.45, 7) is 1.16. The molecule has 1 amide bonds. The summed E-state index contributed by atoms with van der Waals surface area (Å²) in [4.78, 5) is 13.6. The van der Waals surface area contributed by atoms with Crippen molar-refractivity contribution in [2.24, 2.45) is 5.92 Å². The maximum absolute atomic E-state index is 12.5. The molecule has 3 N–H and O–H groups in total. The zero-order valence-electron chi connectivity index (χ0n) is 11.6. The number of amides is 1. The molecule has 2 unspecified atom stereocenters. The van der Waals surface area contributed by atoms with E-state index < -0.39 is 0 Å². The topological polar surface area (TPSA) is 53.2 Å². The monoisotopic (exact) mass is 399 g/mol. The van der Waals surface area contributed by atoms with E-state index in [9.17, 15) is 4.79 Å². The molecular weight excluding hydrogens is 386 g/mol. The molecule has 1 aromatic heterocycles. The molecule has 0 radical (unpaired) electrons. The number of hydrogen-bond acceptors (Lipinski definition) is 4. The summed E-state index contributed by atoms with van der Waals surface area (Å²) in [6, 6.07) is 9.55. The highest BCUT2D eigenvalue weighted by Gasteiger charge is 2.33. The van der Waals surface area contributed by atoms with Gasteiger partial charge in [-0.1, -0.05) is 23.7 Å². The van der Waals surface area contributed by atoms with Crippen LogP contribution in [0.2, 0.25) is 5.02 Å². The Morgan fingerprint density at radius 3 is 2.86 bits per heavy atom. The van der Waals surface area contributed by atoms with Crippen LogP contribution in [0.1, 0.15) is 16.5 Å². The third kappa shape index (κ3) is 3.70. The largest absolute Gasteiger partial charge is 0.351 e. The molecular formula is C15H15BrClN3OS. The summed E-state index contributed by atoms with van der Waals surface area (Å²) in [6.07, 6.45) is 0. The van der Waals surface area contributed by atoms with Crippen LogP contribution < -0.4 is 16.2 Å². The Morgan fingerprint density at radius 1 is 1.41 bits per heavy atom. The van der Waals surface area contributed by atoms with Crippen LogP contribution in [0.4, 0.5) is 0 Å². The van der Waals surface area contributed by atoms with Crippen LogP contribution in [0, 0.1) is 5.92 Å². The van der Waals surface area contributed by atoms with Crippen LogP contribution in [0.15, 0.2) is 40.2 Å². The molecule has 0 aliphatic carbocycles. The molecule has 1 fully saturated rings. The van der Waals surface area contributed by atoms with E-state index in [1.165, 1.54) is 0 Å². The summed E-state index contributed by atoms with van der Waals surface area (Å²) in [5.74, 6) is -0.105. The predicted octanol–water partition coefficient (Wildman–Crippen LogP) is 3.25. The Balaban J connectivity index is 1.64. The number of hydrazine groups is 1. The van der Waals surface area contributed by atoms with Crippen LogP contribution in [0.3, 0.4) is 0 Å². The van der Waals surface area contributed by atoms with Gasteiger partial charge in [0.1, 0.15) is 0 Å². The molecule has 1 aromatic carbocycles. The van der Waals surface area contributed by atoms with E-state index in [0.717, 1.165) is 14.9 Å². The van der Waals surface area contributed by atoms with Crippen LogP contribution in [0.5, 0.6) is 0 Å². The van der Waals surface area contributed by atoms with Gasteiger partial charge < -0.3 is 5.32 Å². The lowest BCUT2D eigenvalue weighted by atomic mass is 9.94. The van der Waals surface area contributed by atoms with Gasteiger partial charge in [0.2, 0.25) is 5.91 Å². The van der Waals surface area contributed by atoms with Gasteiger partial charge in [0.15, 0.2) is 0 Å². The van der Waals surface area contributed by atoms with Gasteiger partial charge in [-0.15, -0.1) is 11.3 Å². The number of carbonyl (C=O) groups excluding carboxylic acids is 1. The first-order valence-corrected chi connectivity index (χ1v) is 8.93. The lowest BCUT2D eigenvalue weighted by Crippen LogP contribution is -2.34. The van der Waals surface area contributed by atoms with Crippen molar-refractivity contribution in [2.75, 3.05) is 6.54 Å². The van der Waals surface area contributed by atoms with Crippen molar-refractivity contribution in [1.29, 1.82) is 0 Å². The molecule has 2 aromatic rings. The van der Waals surface area contributed by atoms with Crippen molar-refractivity contribution >= 4 is 44.8 Å². The van der Waals surface area contributed by atoms with E-state index in [2.05, 4.69) is 32.1 Å². The first kappa shape index (κ1) is 16.0. The molecule has 0 spiro atoms. The van der Waals surface area contributed by atoms with Crippen molar-refractivity contribution < 1.29 is 4.79 Å². The maximum Gasteiger partial charge on any atom is 0.226 e. The molecule has 1 aliphatic heterocycles. The average Bonchev–Trinajstić information content (AvgIpc) is 3.14. The number of nitrogens with one attached hydrogen (secondary N) is 3. The van der Waals surface area contributed by atoms with Gasteiger partial charge >= 0.3 is 0 Å². The second-order valence-electron chi connectivity index (χ2n) is 5.11. The molecule has 0 saturated carbocycles. The fourth-order valence-corrected chi connectivity index (χ4v) is 4.00. The molecule has 2 atom stereocenters. The first-order chi connectivity index (χ1) is 10.6. The van der Waals surface area contributed by atoms with Crippen LogP contribution in [0.25, 0.3) is 0 Å². The molecule has 7 heteroatoms. The van der Waals surface area contributed by atoms with Crippen molar-refractivity contribution in [3.8, 4) is 0 Å². The quantitative estimate of drug-likeness (QED) is 0.738. The Kier molecular flexibility index (Phi) is 5.15. The maximum atomic E-state index is 12.5. The van der Waals surface area contributed by atoms with Gasteiger partial charge in [0.25, 0.3) is 0 Å². The third-order valence-corrected chi connectivity index (χ3v) is 5.56. The number of benzene rings is 1. The van der Waals surface area contributed by atoms with Crippen LogP contribution >= 0.6 is 38.9 Å². The summed E-state index contributed by atoms with van der Waals surface area (Å²) >= 11 is 11.0. The SMILES string of the molecule is O=C(NCc1cc(Br)cs1)C1CNNC1c1ccc(Cl)cc1.